The maximum Gasteiger partial charge on any atom is 0.137 e. The smallest absolute Gasteiger partial charge is 0.137 e. The predicted octanol–water partition coefficient (Wildman–Crippen LogP) is 3.41. The van der Waals surface area contributed by atoms with Crippen molar-refractivity contribution in [2.45, 2.75) is 26.3 Å². The van der Waals surface area contributed by atoms with Gasteiger partial charge in [-0.05, 0) is 65.5 Å². The molecule has 1 aromatic carbocycles. The summed E-state index contributed by atoms with van der Waals surface area (Å²) in [6, 6.07) is 5.17. The highest BCUT2D eigenvalue weighted by atomic mass is 79.9. The molecule has 0 saturated carbocycles. The Morgan fingerprint density at radius 1 is 1.37 bits per heavy atom. The number of piperidine rings is 1. The number of nitrogens with one attached hydrogen (secondary N) is 1. The molecule has 1 aliphatic heterocycles. The van der Waals surface area contributed by atoms with E-state index in [9.17, 15) is 4.39 Å². The van der Waals surface area contributed by atoms with Crippen molar-refractivity contribution in [2.75, 3.05) is 26.2 Å². The molecule has 0 amide bonds. The third kappa shape index (κ3) is 4.86. The zero-order chi connectivity index (χ0) is 13.7. The molecule has 106 valence electrons. The van der Waals surface area contributed by atoms with Gasteiger partial charge in [-0.3, -0.25) is 0 Å². The standard InChI is InChI=1S/C15H22BrFN2/c1-12-4-7-19(8-5-12)9-6-18-11-13-2-3-15(17)14(16)10-13/h2-3,10,12,18H,4-9,11H2,1H3. The molecule has 1 N–H and O–H groups in total. The van der Waals surface area contributed by atoms with Crippen LogP contribution in [0.1, 0.15) is 25.3 Å². The number of likely N-dealkylation sites (tertiary alicyclic amines) is 1. The number of rotatable bonds is 5. The first kappa shape index (κ1) is 14.9. The van der Waals surface area contributed by atoms with Crippen molar-refractivity contribution in [3.63, 3.8) is 0 Å². The lowest BCUT2D eigenvalue weighted by Crippen LogP contribution is -2.37. The van der Waals surface area contributed by atoms with Gasteiger partial charge in [-0.2, -0.15) is 0 Å². The van der Waals surface area contributed by atoms with Gasteiger partial charge in [-0.15, -0.1) is 0 Å². The summed E-state index contributed by atoms with van der Waals surface area (Å²) in [5, 5.41) is 3.42. The molecule has 1 saturated heterocycles. The Kier molecular flexibility index (Phi) is 5.79. The summed E-state index contributed by atoms with van der Waals surface area (Å²) in [7, 11) is 0. The molecule has 0 spiro atoms. The van der Waals surface area contributed by atoms with Crippen LogP contribution in [-0.2, 0) is 6.54 Å². The molecule has 1 fully saturated rings. The zero-order valence-electron chi connectivity index (χ0n) is 11.5. The molecule has 4 heteroatoms. The van der Waals surface area contributed by atoms with E-state index in [-0.39, 0.29) is 5.82 Å². The molecule has 0 unspecified atom stereocenters. The van der Waals surface area contributed by atoms with Crippen molar-refractivity contribution in [3.8, 4) is 0 Å². The first-order chi connectivity index (χ1) is 9.15. The molecule has 1 aromatic rings. The average molecular weight is 329 g/mol. The minimum absolute atomic E-state index is 0.203. The van der Waals surface area contributed by atoms with Gasteiger partial charge in [0, 0.05) is 19.6 Å². The fourth-order valence-electron chi connectivity index (χ4n) is 2.41. The summed E-state index contributed by atoms with van der Waals surface area (Å²) in [5.41, 5.74) is 1.11. The number of benzene rings is 1. The van der Waals surface area contributed by atoms with E-state index in [2.05, 4.69) is 33.1 Å². The van der Waals surface area contributed by atoms with E-state index in [1.165, 1.54) is 32.0 Å². The third-order valence-electron chi connectivity index (χ3n) is 3.79. The van der Waals surface area contributed by atoms with E-state index in [4.69, 9.17) is 0 Å². The molecule has 0 radical (unpaired) electrons. The molecular weight excluding hydrogens is 307 g/mol. The van der Waals surface area contributed by atoms with Crippen molar-refractivity contribution in [2.24, 2.45) is 5.92 Å². The normalized spacial score (nSPS) is 17.8. The van der Waals surface area contributed by atoms with Crippen LogP contribution in [0.15, 0.2) is 22.7 Å². The highest BCUT2D eigenvalue weighted by Gasteiger charge is 2.14. The summed E-state index contributed by atoms with van der Waals surface area (Å²) in [6.45, 7) is 7.68. The van der Waals surface area contributed by atoms with Crippen LogP contribution in [-0.4, -0.2) is 31.1 Å². The second-order valence-corrected chi connectivity index (χ2v) is 6.30. The van der Waals surface area contributed by atoms with Crippen molar-refractivity contribution in [1.82, 2.24) is 10.2 Å². The highest BCUT2D eigenvalue weighted by Crippen LogP contribution is 2.17. The first-order valence-corrected chi connectivity index (χ1v) is 7.81. The van der Waals surface area contributed by atoms with Gasteiger partial charge in [0.15, 0.2) is 0 Å². The minimum Gasteiger partial charge on any atom is -0.311 e. The molecule has 0 aliphatic carbocycles. The summed E-state index contributed by atoms with van der Waals surface area (Å²) < 4.78 is 13.6. The van der Waals surface area contributed by atoms with E-state index in [1.54, 1.807) is 0 Å². The largest absolute Gasteiger partial charge is 0.311 e. The fourth-order valence-corrected chi connectivity index (χ4v) is 2.83. The number of nitrogens with zero attached hydrogens (tertiary/aromatic N) is 1. The van der Waals surface area contributed by atoms with Crippen LogP contribution in [0.3, 0.4) is 0 Å². The summed E-state index contributed by atoms with van der Waals surface area (Å²) in [5.74, 6) is 0.687. The van der Waals surface area contributed by atoms with Gasteiger partial charge in [0.1, 0.15) is 5.82 Å². The molecule has 19 heavy (non-hydrogen) atoms. The molecule has 2 rings (SSSR count). The maximum atomic E-state index is 13.1. The van der Waals surface area contributed by atoms with Crippen LogP contribution < -0.4 is 5.32 Å². The zero-order valence-corrected chi connectivity index (χ0v) is 13.0. The fraction of sp³-hybridized carbons (Fsp3) is 0.600. The van der Waals surface area contributed by atoms with E-state index in [0.717, 1.165) is 31.1 Å². The molecular formula is C15H22BrFN2. The van der Waals surface area contributed by atoms with Crippen LogP contribution in [0, 0.1) is 11.7 Å². The van der Waals surface area contributed by atoms with Gasteiger partial charge in [0.05, 0.1) is 4.47 Å². The lowest BCUT2D eigenvalue weighted by Gasteiger charge is -2.30. The molecule has 1 aliphatic rings. The Bertz CT molecular complexity index is 403. The van der Waals surface area contributed by atoms with Crippen molar-refractivity contribution < 1.29 is 4.39 Å². The number of hydrogen-bond acceptors (Lipinski definition) is 2. The van der Waals surface area contributed by atoms with Crippen LogP contribution in [0.4, 0.5) is 4.39 Å². The Morgan fingerprint density at radius 2 is 2.11 bits per heavy atom. The van der Waals surface area contributed by atoms with Crippen LogP contribution in [0.5, 0.6) is 0 Å². The predicted molar refractivity (Wildman–Crippen MR) is 80.6 cm³/mol. The molecule has 0 aromatic heterocycles. The molecule has 0 bridgehead atoms. The summed E-state index contributed by atoms with van der Waals surface area (Å²) >= 11 is 3.21. The van der Waals surface area contributed by atoms with Gasteiger partial charge in [-0.1, -0.05) is 13.0 Å². The summed E-state index contributed by atoms with van der Waals surface area (Å²) in [6.07, 6.45) is 2.65. The number of halogens is 2. The second-order valence-electron chi connectivity index (χ2n) is 5.45. The van der Waals surface area contributed by atoms with Gasteiger partial charge in [-0.25, -0.2) is 4.39 Å². The maximum absolute atomic E-state index is 13.1. The Hall–Kier alpha value is -0.450. The Balaban J connectivity index is 1.65. The SMILES string of the molecule is CC1CCN(CCNCc2ccc(F)c(Br)c2)CC1. The van der Waals surface area contributed by atoms with Gasteiger partial charge < -0.3 is 10.2 Å². The monoisotopic (exact) mass is 328 g/mol. The Labute approximate surface area is 123 Å². The lowest BCUT2D eigenvalue weighted by atomic mass is 9.99. The average Bonchev–Trinajstić information content (AvgIpc) is 2.41. The quantitative estimate of drug-likeness (QED) is 0.833. The third-order valence-corrected chi connectivity index (χ3v) is 4.40. The first-order valence-electron chi connectivity index (χ1n) is 7.02. The van der Waals surface area contributed by atoms with Gasteiger partial charge in [0.2, 0.25) is 0 Å². The van der Waals surface area contributed by atoms with Crippen LogP contribution in [0.25, 0.3) is 0 Å². The van der Waals surface area contributed by atoms with Crippen LogP contribution >= 0.6 is 15.9 Å². The van der Waals surface area contributed by atoms with E-state index in [0.29, 0.717) is 4.47 Å². The van der Waals surface area contributed by atoms with Crippen LogP contribution in [0.2, 0.25) is 0 Å². The lowest BCUT2D eigenvalue weighted by molar-refractivity contribution is 0.193. The molecule has 1 heterocycles. The van der Waals surface area contributed by atoms with E-state index in [1.807, 2.05) is 12.1 Å². The molecule has 2 nitrogen and oxygen atoms in total. The van der Waals surface area contributed by atoms with Crippen molar-refractivity contribution >= 4 is 15.9 Å². The van der Waals surface area contributed by atoms with E-state index < -0.39 is 0 Å². The molecule has 0 atom stereocenters. The second kappa shape index (κ2) is 7.36. The van der Waals surface area contributed by atoms with E-state index >= 15 is 0 Å². The number of hydrogen-bond donors (Lipinski definition) is 1. The Morgan fingerprint density at radius 3 is 2.79 bits per heavy atom. The highest BCUT2D eigenvalue weighted by molar-refractivity contribution is 9.10. The van der Waals surface area contributed by atoms with Gasteiger partial charge >= 0.3 is 0 Å². The summed E-state index contributed by atoms with van der Waals surface area (Å²) in [4.78, 5) is 2.52. The van der Waals surface area contributed by atoms with Gasteiger partial charge in [0.25, 0.3) is 0 Å². The topological polar surface area (TPSA) is 15.3 Å². The minimum atomic E-state index is -0.203. The van der Waals surface area contributed by atoms with Crippen molar-refractivity contribution in [1.29, 1.82) is 0 Å². The van der Waals surface area contributed by atoms with Crippen molar-refractivity contribution in [3.05, 3.63) is 34.1 Å².